The summed E-state index contributed by atoms with van der Waals surface area (Å²) in [6.07, 6.45) is 1.22. The number of rotatable bonds is 6. The molecule has 1 aliphatic rings. The van der Waals surface area contributed by atoms with Crippen LogP contribution in [0.1, 0.15) is 23.2 Å². The Kier molecular flexibility index (Phi) is 5.78. The number of nitrogens with two attached hydrogens (primary N) is 1. The molecular weight excluding hydrogens is 362 g/mol. The monoisotopic (exact) mass is 383 g/mol. The Bertz CT molecular complexity index is 899. The molecule has 8 nitrogen and oxygen atoms in total. The Labute approximate surface area is 161 Å². The number of hydrogen-bond acceptors (Lipinski definition) is 5. The molecule has 0 spiro atoms. The van der Waals surface area contributed by atoms with Gasteiger partial charge in [-0.25, -0.2) is 0 Å². The quantitative estimate of drug-likeness (QED) is 0.698. The van der Waals surface area contributed by atoms with Gasteiger partial charge in [-0.05, 0) is 37.1 Å². The van der Waals surface area contributed by atoms with Crippen molar-refractivity contribution in [2.45, 2.75) is 18.9 Å². The van der Waals surface area contributed by atoms with Crippen molar-refractivity contribution in [1.82, 2.24) is 4.90 Å². The molecule has 8 heteroatoms. The standard InChI is InChI=1S/C20H21N3O5/c21-18(25)12-28-14-6-3-5-13(11-14)22-19(26)16-8-4-10-23(16)20(27)15-7-1-2-9-17(15)24/h1-3,5-7,9,11,16,24H,4,8,10,12H2,(H2,21,25)(H,22,26). The normalized spacial score (nSPS) is 15.9. The van der Waals surface area contributed by atoms with Crippen LogP contribution in [0.4, 0.5) is 5.69 Å². The van der Waals surface area contributed by atoms with E-state index in [0.717, 1.165) is 0 Å². The molecule has 2 aromatic carbocycles. The van der Waals surface area contributed by atoms with E-state index >= 15 is 0 Å². The highest BCUT2D eigenvalue weighted by molar-refractivity contribution is 6.02. The molecule has 4 N–H and O–H groups in total. The maximum absolute atomic E-state index is 12.8. The van der Waals surface area contributed by atoms with Gasteiger partial charge in [0.15, 0.2) is 6.61 Å². The molecule has 3 amide bonds. The summed E-state index contributed by atoms with van der Waals surface area (Å²) >= 11 is 0. The number of nitrogens with zero attached hydrogens (tertiary/aromatic N) is 1. The predicted molar refractivity (Wildman–Crippen MR) is 102 cm³/mol. The van der Waals surface area contributed by atoms with Crippen molar-refractivity contribution < 1.29 is 24.2 Å². The van der Waals surface area contributed by atoms with Crippen LogP contribution < -0.4 is 15.8 Å². The minimum atomic E-state index is -0.637. The highest BCUT2D eigenvalue weighted by Gasteiger charge is 2.35. The lowest BCUT2D eigenvalue weighted by molar-refractivity contribution is -0.120. The fraction of sp³-hybridized carbons (Fsp3) is 0.250. The molecule has 28 heavy (non-hydrogen) atoms. The van der Waals surface area contributed by atoms with E-state index < -0.39 is 11.9 Å². The molecule has 1 fully saturated rings. The van der Waals surface area contributed by atoms with Gasteiger partial charge >= 0.3 is 0 Å². The summed E-state index contributed by atoms with van der Waals surface area (Å²) in [5.41, 5.74) is 5.71. The first-order chi connectivity index (χ1) is 13.5. The number of phenolic OH excluding ortho intramolecular Hbond substituents is 1. The number of nitrogens with one attached hydrogen (secondary N) is 1. The van der Waals surface area contributed by atoms with Gasteiger partial charge in [-0.3, -0.25) is 14.4 Å². The molecule has 1 heterocycles. The minimum absolute atomic E-state index is 0.113. The number of likely N-dealkylation sites (tertiary alicyclic amines) is 1. The van der Waals surface area contributed by atoms with E-state index in [9.17, 15) is 19.5 Å². The summed E-state index contributed by atoms with van der Waals surface area (Å²) in [4.78, 5) is 37.8. The molecule has 0 saturated carbocycles. The van der Waals surface area contributed by atoms with E-state index in [1.165, 1.54) is 17.0 Å². The molecule has 0 aliphatic carbocycles. The maximum atomic E-state index is 12.8. The third-order valence-electron chi connectivity index (χ3n) is 4.43. The summed E-state index contributed by atoms with van der Waals surface area (Å²) in [5, 5.41) is 12.7. The number of aromatic hydroxyl groups is 1. The van der Waals surface area contributed by atoms with Gasteiger partial charge in [0.25, 0.3) is 11.8 Å². The van der Waals surface area contributed by atoms with Gasteiger partial charge in [0.05, 0.1) is 5.56 Å². The summed E-state index contributed by atoms with van der Waals surface area (Å²) < 4.78 is 5.23. The molecule has 146 valence electrons. The zero-order chi connectivity index (χ0) is 20.1. The number of benzene rings is 2. The Balaban J connectivity index is 1.70. The summed E-state index contributed by atoms with van der Waals surface area (Å²) in [5.74, 6) is -1.02. The number of amides is 3. The molecular formula is C20H21N3O5. The number of hydrogen-bond donors (Lipinski definition) is 3. The maximum Gasteiger partial charge on any atom is 0.258 e. The molecule has 1 atom stereocenters. The number of carbonyl (C=O) groups excluding carboxylic acids is 3. The lowest BCUT2D eigenvalue weighted by Gasteiger charge is -2.24. The zero-order valence-corrected chi connectivity index (χ0v) is 15.1. The third kappa shape index (κ3) is 4.40. The van der Waals surface area contributed by atoms with Gasteiger partial charge in [-0.2, -0.15) is 0 Å². The van der Waals surface area contributed by atoms with E-state index in [1.54, 1.807) is 36.4 Å². The first-order valence-electron chi connectivity index (χ1n) is 8.86. The van der Waals surface area contributed by atoms with Gasteiger partial charge in [0.2, 0.25) is 5.91 Å². The fourth-order valence-electron chi connectivity index (χ4n) is 3.14. The van der Waals surface area contributed by atoms with E-state index in [-0.39, 0.29) is 29.7 Å². The molecule has 1 aliphatic heterocycles. The third-order valence-corrected chi connectivity index (χ3v) is 4.43. The summed E-state index contributed by atoms with van der Waals surface area (Å²) in [7, 11) is 0. The minimum Gasteiger partial charge on any atom is -0.507 e. The van der Waals surface area contributed by atoms with Crippen molar-refractivity contribution in [2.75, 3.05) is 18.5 Å². The van der Waals surface area contributed by atoms with Gasteiger partial charge in [-0.15, -0.1) is 0 Å². The van der Waals surface area contributed by atoms with Crippen LogP contribution in [0.2, 0.25) is 0 Å². The second-order valence-electron chi connectivity index (χ2n) is 6.45. The second kappa shape index (κ2) is 8.43. The van der Waals surface area contributed by atoms with Gasteiger partial charge in [0, 0.05) is 18.3 Å². The van der Waals surface area contributed by atoms with Crippen molar-refractivity contribution >= 4 is 23.4 Å². The second-order valence-corrected chi connectivity index (χ2v) is 6.45. The van der Waals surface area contributed by atoms with Crippen molar-refractivity contribution in [1.29, 1.82) is 0 Å². The Morgan fingerprint density at radius 3 is 2.71 bits per heavy atom. The highest BCUT2D eigenvalue weighted by Crippen LogP contribution is 2.26. The van der Waals surface area contributed by atoms with E-state index in [0.29, 0.717) is 30.8 Å². The fourth-order valence-corrected chi connectivity index (χ4v) is 3.14. The van der Waals surface area contributed by atoms with Crippen LogP contribution in [0, 0.1) is 0 Å². The Morgan fingerprint density at radius 2 is 1.96 bits per heavy atom. The highest BCUT2D eigenvalue weighted by atomic mass is 16.5. The number of primary amides is 1. The lowest BCUT2D eigenvalue weighted by Crippen LogP contribution is -2.43. The van der Waals surface area contributed by atoms with Gasteiger partial charge in [0.1, 0.15) is 17.5 Å². The molecule has 0 aromatic heterocycles. The van der Waals surface area contributed by atoms with Crippen LogP contribution in [0.25, 0.3) is 0 Å². The van der Waals surface area contributed by atoms with Crippen LogP contribution in [-0.2, 0) is 9.59 Å². The first-order valence-corrected chi connectivity index (χ1v) is 8.86. The van der Waals surface area contributed by atoms with E-state index in [2.05, 4.69) is 5.32 Å². The van der Waals surface area contributed by atoms with Crippen molar-refractivity contribution in [3.63, 3.8) is 0 Å². The molecule has 1 unspecified atom stereocenters. The van der Waals surface area contributed by atoms with Crippen LogP contribution in [0.5, 0.6) is 11.5 Å². The van der Waals surface area contributed by atoms with Crippen molar-refractivity contribution in [3.8, 4) is 11.5 Å². The number of ether oxygens (including phenoxy) is 1. The summed E-state index contributed by atoms with van der Waals surface area (Å²) in [6, 6.07) is 12.2. The first kappa shape index (κ1) is 19.2. The average molecular weight is 383 g/mol. The molecule has 1 saturated heterocycles. The van der Waals surface area contributed by atoms with Crippen molar-refractivity contribution in [2.24, 2.45) is 5.73 Å². The van der Waals surface area contributed by atoms with Gasteiger partial charge < -0.3 is 25.8 Å². The number of carbonyl (C=O) groups is 3. The van der Waals surface area contributed by atoms with Crippen LogP contribution in [0.15, 0.2) is 48.5 Å². The Hall–Kier alpha value is -3.55. The smallest absolute Gasteiger partial charge is 0.258 e. The number of para-hydroxylation sites is 1. The van der Waals surface area contributed by atoms with Crippen LogP contribution >= 0.6 is 0 Å². The number of anilines is 1. The molecule has 3 rings (SSSR count). The predicted octanol–water partition coefficient (Wildman–Crippen LogP) is 1.50. The van der Waals surface area contributed by atoms with E-state index in [1.807, 2.05) is 0 Å². The molecule has 2 aromatic rings. The molecule has 0 radical (unpaired) electrons. The van der Waals surface area contributed by atoms with Crippen LogP contribution in [-0.4, -0.2) is 46.9 Å². The zero-order valence-electron chi connectivity index (χ0n) is 15.1. The van der Waals surface area contributed by atoms with Crippen LogP contribution in [0.3, 0.4) is 0 Å². The average Bonchev–Trinajstić information content (AvgIpc) is 3.16. The van der Waals surface area contributed by atoms with E-state index in [4.69, 9.17) is 10.5 Å². The summed E-state index contributed by atoms with van der Waals surface area (Å²) in [6.45, 7) is 0.176. The van der Waals surface area contributed by atoms with Crippen molar-refractivity contribution in [3.05, 3.63) is 54.1 Å². The van der Waals surface area contributed by atoms with Gasteiger partial charge in [-0.1, -0.05) is 18.2 Å². The lowest BCUT2D eigenvalue weighted by atomic mass is 10.1. The SMILES string of the molecule is NC(=O)COc1cccc(NC(=O)C2CCCN2C(=O)c2ccccc2O)c1. The topological polar surface area (TPSA) is 122 Å². The molecule has 0 bridgehead atoms. The number of phenols is 1. The Morgan fingerprint density at radius 1 is 1.18 bits per heavy atom. The largest absolute Gasteiger partial charge is 0.507 e.